The van der Waals surface area contributed by atoms with Crippen molar-refractivity contribution >= 4 is 27.9 Å². The number of carbonyl (C=O) groups is 1. The van der Waals surface area contributed by atoms with Crippen LogP contribution in [0.5, 0.6) is 0 Å². The standard InChI is InChI=1S/C22H27N3O2/c1-22(2,3)27-21(26)25-11-8-15(9-12-25)16-5-6-17-18-14-23-10-7-19(18)24(4)20(17)13-16/h5-7,10,13-15H,8-9,11-12H2,1-4H3. The van der Waals surface area contributed by atoms with Gasteiger partial charge in [0, 0.05) is 48.8 Å². The first-order chi connectivity index (χ1) is 12.8. The van der Waals surface area contributed by atoms with Crippen molar-refractivity contribution in [3.63, 3.8) is 0 Å². The minimum absolute atomic E-state index is 0.197. The molecule has 1 amide bonds. The first-order valence-corrected chi connectivity index (χ1v) is 9.63. The Morgan fingerprint density at radius 3 is 2.56 bits per heavy atom. The summed E-state index contributed by atoms with van der Waals surface area (Å²) in [4.78, 5) is 18.4. The van der Waals surface area contributed by atoms with E-state index in [-0.39, 0.29) is 6.09 Å². The second kappa shape index (κ2) is 6.55. The molecule has 2 aromatic heterocycles. The van der Waals surface area contributed by atoms with Gasteiger partial charge in [0.05, 0.1) is 5.52 Å². The molecule has 1 aliphatic heterocycles. The second-order valence-corrected chi connectivity index (χ2v) is 8.47. The van der Waals surface area contributed by atoms with E-state index in [9.17, 15) is 4.79 Å². The van der Waals surface area contributed by atoms with E-state index in [1.165, 1.54) is 27.4 Å². The summed E-state index contributed by atoms with van der Waals surface area (Å²) < 4.78 is 7.74. The maximum Gasteiger partial charge on any atom is 0.410 e. The molecule has 27 heavy (non-hydrogen) atoms. The quantitative estimate of drug-likeness (QED) is 0.620. The van der Waals surface area contributed by atoms with Crippen molar-refractivity contribution in [2.24, 2.45) is 7.05 Å². The van der Waals surface area contributed by atoms with Gasteiger partial charge in [0.25, 0.3) is 0 Å². The van der Waals surface area contributed by atoms with Crippen LogP contribution in [0.2, 0.25) is 0 Å². The molecule has 0 bridgehead atoms. The average molecular weight is 365 g/mol. The van der Waals surface area contributed by atoms with Gasteiger partial charge in [-0.2, -0.15) is 0 Å². The molecule has 5 nitrogen and oxygen atoms in total. The highest BCUT2D eigenvalue weighted by atomic mass is 16.6. The van der Waals surface area contributed by atoms with E-state index >= 15 is 0 Å². The van der Waals surface area contributed by atoms with Crippen molar-refractivity contribution < 1.29 is 9.53 Å². The third-order valence-corrected chi connectivity index (χ3v) is 5.45. The predicted octanol–water partition coefficient (Wildman–Crippen LogP) is 4.84. The number of ether oxygens (including phenoxy) is 1. The first kappa shape index (κ1) is 17.8. The largest absolute Gasteiger partial charge is 0.444 e. The van der Waals surface area contributed by atoms with Crippen LogP contribution < -0.4 is 0 Å². The van der Waals surface area contributed by atoms with Crippen LogP contribution in [0.25, 0.3) is 21.8 Å². The number of aromatic nitrogens is 2. The van der Waals surface area contributed by atoms with Crippen molar-refractivity contribution in [2.75, 3.05) is 13.1 Å². The van der Waals surface area contributed by atoms with Crippen LogP contribution in [0, 0.1) is 0 Å². The minimum Gasteiger partial charge on any atom is -0.444 e. The molecule has 142 valence electrons. The van der Waals surface area contributed by atoms with Crippen LogP contribution in [-0.2, 0) is 11.8 Å². The normalized spacial score (nSPS) is 16.2. The highest BCUT2D eigenvalue weighted by Crippen LogP contribution is 2.33. The zero-order valence-electron chi connectivity index (χ0n) is 16.5. The molecule has 3 heterocycles. The van der Waals surface area contributed by atoms with Gasteiger partial charge in [0.1, 0.15) is 5.60 Å². The van der Waals surface area contributed by atoms with Gasteiger partial charge in [0.15, 0.2) is 0 Å². The minimum atomic E-state index is -0.442. The number of piperidine rings is 1. The lowest BCUT2D eigenvalue weighted by molar-refractivity contribution is 0.0205. The summed E-state index contributed by atoms with van der Waals surface area (Å²) in [6.07, 6.45) is 5.52. The fourth-order valence-electron chi connectivity index (χ4n) is 4.05. The lowest BCUT2D eigenvalue weighted by Crippen LogP contribution is -2.41. The van der Waals surface area contributed by atoms with E-state index in [4.69, 9.17) is 4.74 Å². The van der Waals surface area contributed by atoms with E-state index in [2.05, 4.69) is 40.9 Å². The molecule has 4 rings (SSSR count). The molecule has 1 saturated heterocycles. The van der Waals surface area contributed by atoms with E-state index in [1.54, 1.807) is 0 Å². The number of pyridine rings is 1. The predicted molar refractivity (Wildman–Crippen MR) is 108 cm³/mol. The lowest BCUT2D eigenvalue weighted by Gasteiger charge is -2.33. The van der Waals surface area contributed by atoms with E-state index in [0.29, 0.717) is 5.92 Å². The Kier molecular flexibility index (Phi) is 4.33. The third-order valence-electron chi connectivity index (χ3n) is 5.45. The van der Waals surface area contributed by atoms with E-state index in [1.807, 2.05) is 38.1 Å². The monoisotopic (exact) mass is 365 g/mol. The Balaban J connectivity index is 1.53. The first-order valence-electron chi connectivity index (χ1n) is 9.63. The van der Waals surface area contributed by atoms with Crippen LogP contribution in [0.15, 0.2) is 36.7 Å². The topological polar surface area (TPSA) is 47.4 Å². The van der Waals surface area contributed by atoms with Crippen molar-refractivity contribution in [3.05, 3.63) is 42.2 Å². The number of likely N-dealkylation sites (tertiary alicyclic amines) is 1. The molecule has 0 spiro atoms. The van der Waals surface area contributed by atoms with Gasteiger partial charge in [-0.25, -0.2) is 4.79 Å². The molecule has 3 aromatic rings. The number of hydrogen-bond donors (Lipinski definition) is 0. The van der Waals surface area contributed by atoms with Crippen molar-refractivity contribution in [1.82, 2.24) is 14.5 Å². The highest BCUT2D eigenvalue weighted by Gasteiger charge is 2.27. The maximum absolute atomic E-state index is 12.3. The summed E-state index contributed by atoms with van der Waals surface area (Å²) >= 11 is 0. The van der Waals surface area contributed by atoms with Crippen molar-refractivity contribution in [3.8, 4) is 0 Å². The SMILES string of the molecule is Cn1c2ccncc2c2ccc(C3CCN(C(=O)OC(C)(C)C)CC3)cc21. The number of aryl methyl sites for hydroxylation is 1. The summed E-state index contributed by atoms with van der Waals surface area (Å²) in [6.45, 7) is 7.22. The number of benzene rings is 1. The average Bonchev–Trinajstić information content (AvgIpc) is 2.93. The van der Waals surface area contributed by atoms with Gasteiger partial charge in [-0.1, -0.05) is 12.1 Å². The van der Waals surface area contributed by atoms with Crippen LogP contribution >= 0.6 is 0 Å². The fourth-order valence-corrected chi connectivity index (χ4v) is 4.05. The molecule has 0 radical (unpaired) electrons. The molecule has 0 saturated carbocycles. The van der Waals surface area contributed by atoms with Gasteiger partial charge >= 0.3 is 6.09 Å². The molecule has 0 atom stereocenters. The highest BCUT2D eigenvalue weighted by molar-refractivity contribution is 6.07. The van der Waals surface area contributed by atoms with Gasteiger partial charge < -0.3 is 14.2 Å². The van der Waals surface area contributed by atoms with Gasteiger partial charge in [-0.3, -0.25) is 4.98 Å². The summed E-state index contributed by atoms with van der Waals surface area (Å²) in [5.41, 5.74) is 3.36. The Morgan fingerprint density at radius 1 is 1.11 bits per heavy atom. The maximum atomic E-state index is 12.3. The molecular formula is C22H27N3O2. The fraction of sp³-hybridized carbons (Fsp3) is 0.455. The summed E-state index contributed by atoms with van der Waals surface area (Å²) in [5.74, 6) is 0.476. The number of amides is 1. The summed E-state index contributed by atoms with van der Waals surface area (Å²) in [6, 6.07) is 8.83. The number of rotatable bonds is 1. The summed E-state index contributed by atoms with van der Waals surface area (Å²) in [5, 5.41) is 2.44. The van der Waals surface area contributed by atoms with Gasteiger partial charge in [-0.05, 0) is 57.2 Å². The smallest absolute Gasteiger partial charge is 0.410 e. The van der Waals surface area contributed by atoms with Gasteiger partial charge in [-0.15, -0.1) is 0 Å². The van der Waals surface area contributed by atoms with Crippen LogP contribution in [0.1, 0.15) is 45.1 Å². The number of carbonyl (C=O) groups excluding carboxylic acids is 1. The lowest BCUT2D eigenvalue weighted by atomic mass is 9.89. The second-order valence-electron chi connectivity index (χ2n) is 8.47. The molecule has 0 N–H and O–H groups in total. The van der Waals surface area contributed by atoms with Crippen LogP contribution in [0.3, 0.4) is 0 Å². The van der Waals surface area contributed by atoms with Gasteiger partial charge in [0.2, 0.25) is 0 Å². The number of hydrogen-bond acceptors (Lipinski definition) is 3. The van der Waals surface area contributed by atoms with Crippen molar-refractivity contribution in [2.45, 2.75) is 45.1 Å². The Hall–Kier alpha value is -2.56. The molecule has 0 aliphatic carbocycles. The summed E-state index contributed by atoms with van der Waals surface area (Å²) in [7, 11) is 2.11. The Morgan fingerprint density at radius 2 is 1.85 bits per heavy atom. The number of nitrogens with zero attached hydrogens (tertiary/aromatic N) is 3. The molecule has 1 fully saturated rings. The van der Waals surface area contributed by atoms with E-state index in [0.717, 1.165) is 25.9 Å². The van der Waals surface area contributed by atoms with E-state index < -0.39 is 5.60 Å². The zero-order valence-corrected chi connectivity index (χ0v) is 16.5. The Labute approximate surface area is 159 Å². The molecule has 5 heteroatoms. The third kappa shape index (κ3) is 3.38. The van der Waals surface area contributed by atoms with Crippen LogP contribution in [-0.4, -0.2) is 39.2 Å². The molecular weight excluding hydrogens is 338 g/mol. The van der Waals surface area contributed by atoms with Crippen LogP contribution in [0.4, 0.5) is 4.79 Å². The Bertz CT molecular complexity index is 992. The molecule has 1 aliphatic rings. The number of fused-ring (bicyclic) bond motifs is 3. The molecule has 0 unspecified atom stereocenters. The zero-order chi connectivity index (χ0) is 19.2. The molecule has 1 aromatic carbocycles. The van der Waals surface area contributed by atoms with Crippen molar-refractivity contribution in [1.29, 1.82) is 0 Å².